The van der Waals surface area contributed by atoms with E-state index in [0.29, 0.717) is 53.6 Å². The van der Waals surface area contributed by atoms with Crippen LogP contribution in [0.1, 0.15) is 29.5 Å². The highest BCUT2D eigenvalue weighted by molar-refractivity contribution is 7.93. The zero-order valence-electron chi connectivity index (χ0n) is 28.4. The zero-order valence-corrected chi connectivity index (χ0v) is 30.0. The fourth-order valence-corrected chi connectivity index (χ4v) is 8.63. The molecule has 2 atom stereocenters. The lowest BCUT2D eigenvalue weighted by molar-refractivity contribution is -0.132. The molecule has 6 rings (SSSR count). The Hall–Kier alpha value is -3.88. The van der Waals surface area contributed by atoms with Gasteiger partial charge in [0.15, 0.2) is 11.8 Å². The molecule has 49 heavy (non-hydrogen) atoms. The number of anilines is 1. The number of sulfonamides is 1. The summed E-state index contributed by atoms with van der Waals surface area (Å²) in [4.78, 5) is 36.2. The number of hydrogen-bond acceptors (Lipinski definition) is 10. The molecule has 3 aromatic rings. The van der Waals surface area contributed by atoms with Crippen LogP contribution in [0, 0.1) is 0 Å². The Morgan fingerprint density at radius 3 is 2.31 bits per heavy atom. The highest BCUT2D eigenvalue weighted by Gasteiger charge is 2.63. The summed E-state index contributed by atoms with van der Waals surface area (Å²) in [7, 11) is 3.80. The molecule has 0 bridgehead atoms. The highest BCUT2D eigenvalue weighted by atomic mass is 35.5. The Bertz CT molecular complexity index is 1830. The molecule has 3 aliphatic heterocycles. The average molecular weight is 712 g/mol. The summed E-state index contributed by atoms with van der Waals surface area (Å²) in [5.74, 6) is 0.107. The van der Waals surface area contributed by atoms with Gasteiger partial charge in [0.2, 0.25) is 0 Å². The first kappa shape index (κ1) is 35.0. The van der Waals surface area contributed by atoms with E-state index in [9.17, 15) is 13.2 Å². The number of halogens is 1. The van der Waals surface area contributed by atoms with Crippen LogP contribution in [0.15, 0.2) is 65.6 Å². The first-order valence-corrected chi connectivity index (χ1v) is 18.0. The summed E-state index contributed by atoms with van der Waals surface area (Å²) >= 11 is 6.67. The van der Waals surface area contributed by atoms with Crippen molar-refractivity contribution in [3.8, 4) is 11.5 Å². The van der Waals surface area contributed by atoms with Gasteiger partial charge in [0.1, 0.15) is 11.5 Å². The largest absolute Gasteiger partial charge is 0.497 e. The van der Waals surface area contributed by atoms with Crippen molar-refractivity contribution in [2.75, 3.05) is 72.4 Å². The molecule has 3 aliphatic rings. The molecule has 0 aromatic heterocycles. The molecule has 0 aliphatic carbocycles. The number of likely N-dealkylation sites (tertiary alicyclic amines) is 1. The van der Waals surface area contributed by atoms with Crippen LogP contribution in [0.2, 0.25) is 5.02 Å². The van der Waals surface area contributed by atoms with E-state index < -0.39 is 33.8 Å². The summed E-state index contributed by atoms with van der Waals surface area (Å²) in [5.41, 5.74) is 0.0760. The van der Waals surface area contributed by atoms with Gasteiger partial charge in [-0.3, -0.25) is 9.69 Å². The van der Waals surface area contributed by atoms with Gasteiger partial charge in [-0.1, -0.05) is 17.7 Å². The molecule has 262 valence electrons. The minimum Gasteiger partial charge on any atom is -0.497 e. The maximum Gasteiger partial charge on any atom is 0.410 e. The third kappa shape index (κ3) is 6.23. The lowest BCUT2D eigenvalue weighted by Gasteiger charge is -2.42. The normalized spacial score (nSPS) is 21.9. The van der Waals surface area contributed by atoms with Crippen LogP contribution >= 0.6 is 11.6 Å². The second-order valence-electron chi connectivity index (χ2n) is 12.8. The van der Waals surface area contributed by atoms with Gasteiger partial charge in [-0.25, -0.2) is 22.4 Å². The van der Waals surface area contributed by atoms with Crippen molar-refractivity contribution in [1.29, 1.82) is 0 Å². The molecule has 1 unspecified atom stereocenters. The minimum absolute atomic E-state index is 0.0915. The Labute approximate surface area is 292 Å². The van der Waals surface area contributed by atoms with Crippen molar-refractivity contribution in [1.82, 2.24) is 19.6 Å². The molecule has 12 nitrogen and oxygen atoms in total. The second kappa shape index (κ2) is 13.8. The van der Waals surface area contributed by atoms with Crippen molar-refractivity contribution in [2.45, 2.75) is 36.0 Å². The molecule has 2 saturated heterocycles. The van der Waals surface area contributed by atoms with Gasteiger partial charge in [0.25, 0.3) is 15.9 Å². The lowest BCUT2D eigenvalue weighted by atomic mass is 9.80. The number of nitrogens with zero attached hydrogens (tertiary/aromatic N) is 5. The van der Waals surface area contributed by atoms with Gasteiger partial charge >= 0.3 is 6.09 Å². The van der Waals surface area contributed by atoms with Crippen molar-refractivity contribution in [3.05, 3.63) is 82.4 Å². The summed E-state index contributed by atoms with van der Waals surface area (Å²) < 4.78 is 47.2. The molecular formula is C35H42ClN5O7S. The third-order valence-corrected chi connectivity index (χ3v) is 11.5. The van der Waals surface area contributed by atoms with Gasteiger partial charge in [-0.15, -0.1) is 0 Å². The van der Waals surface area contributed by atoms with Crippen molar-refractivity contribution in [2.24, 2.45) is 0 Å². The molecule has 3 heterocycles. The number of fused-ring (bicyclic) bond motifs is 1. The molecular weight excluding hydrogens is 670 g/mol. The summed E-state index contributed by atoms with van der Waals surface area (Å²) in [6, 6.07) is 16.3. The van der Waals surface area contributed by atoms with E-state index in [1.165, 1.54) is 43.4 Å². The van der Waals surface area contributed by atoms with E-state index in [1.54, 1.807) is 37.2 Å². The van der Waals surface area contributed by atoms with Crippen LogP contribution < -0.4 is 13.8 Å². The fourth-order valence-electron chi connectivity index (χ4n) is 7.00. The van der Waals surface area contributed by atoms with Crippen molar-refractivity contribution in [3.63, 3.8) is 0 Å². The number of piperazine rings is 1. The molecule has 2 amide bonds. The summed E-state index contributed by atoms with van der Waals surface area (Å²) in [5, 5.41) is 0.313. The van der Waals surface area contributed by atoms with Gasteiger partial charge in [0.05, 0.1) is 24.8 Å². The van der Waals surface area contributed by atoms with Crippen LogP contribution in [-0.2, 0) is 31.6 Å². The first-order valence-electron chi connectivity index (χ1n) is 16.2. The van der Waals surface area contributed by atoms with E-state index in [2.05, 4.69) is 16.8 Å². The zero-order chi connectivity index (χ0) is 35.1. The van der Waals surface area contributed by atoms with Crippen LogP contribution in [0.3, 0.4) is 0 Å². The van der Waals surface area contributed by atoms with Gasteiger partial charge in [0, 0.05) is 69.5 Å². The Kier molecular flexibility index (Phi) is 9.84. The maximum atomic E-state index is 15.5. The molecule has 14 heteroatoms. The van der Waals surface area contributed by atoms with Crippen LogP contribution in [-0.4, -0.2) is 114 Å². The molecule has 0 N–H and O–H groups in total. The first-order chi connectivity index (χ1) is 23.4. The van der Waals surface area contributed by atoms with Crippen molar-refractivity contribution < 1.29 is 32.2 Å². The number of carbonyl (C=O) groups excluding carboxylic acids is 2. The van der Waals surface area contributed by atoms with Gasteiger partial charge in [-0.05, 0) is 80.1 Å². The van der Waals surface area contributed by atoms with E-state index in [0.717, 1.165) is 36.0 Å². The number of methoxy groups -OCH3 is 2. The smallest absolute Gasteiger partial charge is 0.410 e. The number of ether oxygens (including phenoxy) is 3. The van der Waals surface area contributed by atoms with Crippen LogP contribution in [0.25, 0.3) is 0 Å². The van der Waals surface area contributed by atoms with E-state index in [1.807, 2.05) is 18.2 Å². The molecule has 2 fully saturated rings. The van der Waals surface area contributed by atoms with E-state index >= 15 is 4.79 Å². The lowest BCUT2D eigenvalue weighted by Crippen LogP contribution is -2.57. The number of carbonyl (C=O) groups is 2. The number of benzene rings is 3. The standard InChI is InChI=1S/C35H42ClN5O7S/c1-37(2)34(43)48-32-7-6-16-40(32)35(29-21-24(8-15-31(29)47-5)23-39-19-17-38(3)18-20-39)28-22-25(36)9-14-30(28)41(33(35)42)49(44,45)27-12-10-26(46-4)11-13-27/h8-15,21-22,32H,6-7,16-20,23H2,1-5H3/t32-,35?/m0/s1. The Morgan fingerprint density at radius 2 is 1.65 bits per heavy atom. The number of amides is 2. The Morgan fingerprint density at radius 1 is 0.939 bits per heavy atom. The summed E-state index contributed by atoms with van der Waals surface area (Å²) in [6.07, 6.45) is -0.424. The number of likely N-dealkylation sites (N-methyl/N-ethyl adjacent to an activating group) is 1. The quantitative estimate of drug-likeness (QED) is 0.320. The SMILES string of the molecule is COc1ccc(S(=O)(=O)N2C(=O)C(c3cc(CN4CCN(C)CC4)ccc3OC)(N3CCC[C@@H]3OC(=O)N(C)C)c3cc(Cl)ccc32)cc1. The minimum atomic E-state index is -4.47. The molecule has 0 radical (unpaired) electrons. The summed E-state index contributed by atoms with van der Waals surface area (Å²) in [6.45, 7) is 4.56. The number of hydrogen-bond donors (Lipinski definition) is 0. The third-order valence-electron chi connectivity index (χ3n) is 9.55. The maximum absolute atomic E-state index is 15.5. The van der Waals surface area contributed by atoms with E-state index in [-0.39, 0.29) is 10.6 Å². The van der Waals surface area contributed by atoms with Crippen molar-refractivity contribution >= 4 is 39.3 Å². The highest BCUT2D eigenvalue weighted by Crippen LogP contribution is 2.55. The van der Waals surface area contributed by atoms with Gasteiger partial charge < -0.3 is 24.0 Å². The topological polar surface area (TPSA) is 112 Å². The number of rotatable bonds is 9. The van der Waals surface area contributed by atoms with Crippen LogP contribution in [0.4, 0.5) is 10.5 Å². The molecule has 0 saturated carbocycles. The van der Waals surface area contributed by atoms with Crippen LogP contribution in [0.5, 0.6) is 11.5 Å². The monoisotopic (exact) mass is 711 g/mol. The second-order valence-corrected chi connectivity index (χ2v) is 15.0. The van der Waals surface area contributed by atoms with E-state index in [4.69, 9.17) is 25.8 Å². The van der Waals surface area contributed by atoms with Gasteiger partial charge in [-0.2, -0.15) is 0 Å². The molecule has 0 spiro atoms. The molecule has 3 aromatic carbocycles. The predicted octanol–water partition coefficient (Wildman–Crippen LogP) is 4.20. The predicted molar refractivity (Wildman–Crippen MR) is 186 cm³/mol. The fraction of sp³-hybridized carbons (Fsp3) is 0.429. The average Bonchev–Trinajstić information content (AvgIpc) is 3.65. The Balaban J connectivity index is 1.58.